The van der Waals surface area contributed by atoms with Crippen LogP contribution in [-0.4, -0.2) is 31.2 Å². The number of benzene rings is 1. The number of hydrogen-bond acceptors (Lipinski definition) is 4. The van der Waals surface area contributed by atoms with E-state index in [2.05, 4.69) is 40.2 Å². The van der Waals surface area contributed by atoms with E-state index in [0.717, 1.165) is 5.56 Å². The van der Waals surface area contributed by atoms with E-state index in [4.69, 9.17) is 4.74 Å². The van der Waals surface area contributed by atoms with Crippen LogP contribution in [0.3, 0.4) is 0 Å². The van der Waals surface area contributed by atoms with Crippen LogP contribution in [0.2, 0.25) is 0 Å². The van der Waals surface area contributed by atoms with E-state index in [0.29, 0.717) is 37.4 Å². The molecule has 0 radical (unpaired) electrons. The molecule has 24 heavy (non-hydrogen) atoms. The maximum Gasteiger partial charge on any atom is 0.337 e. The van der Waals surface area contributed by atoms with E-state index in [1.165, 1.54) is 5.56 Å². The lowest BCUT2D eigenvalue weighted by atomic mass is 10.00. The zero-order valence-corrected chi connectivity index (χ0v) is 14.4. The molecule has 130 valence electrons. The molecule has 1 aromatic carbocycles. The molecule has 6 nitrogen and oxygen atoms in total. The van der Waals surface area contributed by atoms with Gasteiger partial charge in [-0.05, 0) is 25.8 Å². The first-order chi connectivity index (χ1) is 11.5. The predicted molar refractivity (Wildman–Crippen MR) is 92.3 cm³/mol. The van der Waals surface area contributed by atoms with Crippen molar-refractivity contribution >= 4 is 12.0 Å². The number of aryl methyl sites for hydroxylation is 1. The second-order valence-corrected chi connectivity index (χ2v) is 5.76. The fourth-order valence-electron chi connectivity index (χ4n) is 2.64. The minimum Gasteiger partial charge on any atom is -0.463 e. The van der Waals surface area contributed by atoms with Gasteiger partial charge in [-0.25, -0.2) is 9.59 Å². The second kappa shape index (κ2) is 8.49. The molecule has 2 rings (SSSR count). The lowest BCUT2D eigenvalue weighted by molar-refractivity contribution is -0.139. The number of amides is 2. The summed E-state index contributed by atoms with van der Waals surface area (Å²) in [7, 11) is 0. The molecule has 0 bridgehead atoms. The summed E-state index contributed by atoms with van der Waals surface area (Å²) in [5, 5.41) is 8.77. The standard InChI is InChI=1S/C18H25N3O3/c1-4-14-16(17(22)24-5-2)15(21-18(23)20-14)11-19-10-13-8-6-12(3)7-9-13/h6-9,14,19H,4-5,10-11H2,1-3H3,(H2,20,21,23)/t14-/m1/s1. The molecule has 1 aliphatic rings. The van der Waals surface area contributed by atoms with Crippen LogP contribution in [-0.2, 0) is 16.1 Å². The van der Waals surface area contributed by atoms with Gasteiger partial charge in [-0.15, -0.1) is 0 Å². The third kappa shape index (κ3) is 4.58. The highest BCUT2D eigenvalue weighted by Crippen LogP contribution is 2.16. The van der Waals surface area contributed by atoms with E-state index in [1.807, 2.05) is 13.8 Å². The first kappa shape index (κ1) is 18.0. The van der Waals surface area contributed by atoms with Crippen molar-refractivity contribution in [2.45, 2.75) is 39.8 Å². The van der Waals surface area contributed by atoms with Crippen LogP contribution < -0.4 is 16.0 Å². The third-order valence-corrected chi connectivity index (χ3v) is 3.90. The van der Waals surface area contributed by atoms with Gasteiger partial charge in [0.2, 0.25) is 0 Å². The zero-order valence-electron chi connectivity index (χ0n) is 14.4. The fraction of sp³-hybridized carbons (Fsp3) is 0.444. The molecule has 0 aromatic heterocycles. The molecule has 0 saturated heterocycles. The van der Waals surface area contributed by atoms with Gasteiger partial charge in [0, 0.05) is 18.8 Å². The molecule has 2 amide bonds. The number of esters is 1. The van der Waals surface area contributed by atoms with Crippen molar-refractivity contribution in [1.82, 2.24) is 16.0 Å². The molecule has 6 heteroatoms. The summed E-state index contributed by atoms with van der Waals surface area (Å²) >= 11 is 0. The molecule has 1 aromatic rings. The number of rotatable bonds is 7. The Kier molecular flexibility index (Phi) is 6.37. The van der Waals surface area contributed by atoms with Crippen molar-refractivity contribution in [1.29, 1.82) is 0 Å². The fourth-order valence-corrected chi connectivity index (χ4v) is 2.64. The maximum atomic E-state index is 12.3. The van der Waals surface area contributed by atoms with Gasteiger partial charge in [-0.1, -0.05) is 36.8 Å². The molecular formula is C18H25N3O3. The molecule has 3 N–H and O–H groups in total. The van der Waals surface area contributed by atoms with E-state index in [9.17, 15) is 9.59 Å². The molecule has 0 fully saturated rings. The summed E-state index contributed by atoms with van der Waals surface area (Å²) in [6, 6.07) is 7.60. The average Bonchev–Trinajstić information content (AvgIpc) is 2.56. The van der Waals surface area contributed by atoms with E-state index in [-0.39, 0.29) is 18.0 Å². The highest BCUT2D eigenvalue weighted by atomic mass is 16.5. The van der Waals surface area contributed by atoms with Crippen LogP contribution in [0.25, 0.3) is 0 Å². The monoisotopic (exact) mass is 331 g/mol. The van der Waals surface area contributed by atoms with Crippen molar-refractivity contribution in [2.75, 3.05) is 13.2 Å². The summed E-state index contributed by atoms with van der Waals surface area (Å²) in [5.74, 6) is -0.385. The van der Waals surface area contributed by atoms with Gasteiger partial charge >= 0.3 is 12.0 Å². The Bertz CT molecular complexity index is 623. The van der Waals surface area contributed by atoms with Crippen LogP contribution in [0.15, 0.2) is 35.5 Å². The summed E-state index contributed by atoms with van der Waals surface area (Å²) in [6.07, 6.45) is 0.628. The highest BCUT2D eigenvalue weighted by molar-refractivity contribution is 5.94. The van der Waals surface area contributed by atoms with Crippen molar-refractivity contribution in [3.8, 4) is 0 Å². The molecule has 0 spiro atoms. The summed E-state index contributed by atoms with van der Waals surface area (Å²) in [4.78, 5) is 24.1. The Morgan fingerprint density at radius 1 is 1.21 bits per heavy atom. The molecular weight excluding hydrogens is 306 g/mol. The van der Waals surface area contributed by atoms with Crippen LogP contribution >= 0.6 is 0 Å². The van der Waals surface area contributed by atoms with E-state index in [1.54, 1.807) is 6.92 Å². The van der Waals surface area contributed by atoms with Gasteiger partial charge in [0.1, 0.15) is 0 Å². The number of carbonyl (C=O) groups excluding carboxylic acids is 2. The largest absolute Gasteiger partial charge is 0.463 e. The van der Waals surface area contributed by atoms with E-state index < -0.39 is 0 Å². The van der Waals surface area contributed by atoms with Crippen LogP contribution in [0.4, 0.5) is 4.79 Å². The smallest absolute Gasteiger partial charge is 0.337 e. The Morgan fingerprint density at radius 2 is 1.92 bits per heavy atom. The van der Waals surface area contributed by atoms with Crippen molar-refractivity contribution in [3.63, 3.8) is 0 Å². The zero-order chi connectivity index (χ0) is 17.5. The Morgan fingerprint density at radius 3 is 2.54 bits per heavy atom. The Hall–Kier alpha value is -2.34. The minimum absolute atomic E-state index is 0.290. The quantitative estimate of drug-likeness (QED) is 0.668. The second-order valence-electron chi connectivity index (χ2n) is 5.76. The number of nitrogens with one attached hydrogen (secondary N) is 3. The summed E-state index contributed by atoms with van der Waals surface area (Å²) in [6.45, 7) is 7.09. The van der Waals surface area contributed by atoms with Gasteiger partial charge < -0.3 is 20.7 Å². The van der Waals surface area contributed by atoms with Crippen molar-refractivity contribution in [2.24, 2.45) is 0 Å². The third-order valence-electron chi connectivity index (χ3n) is 3.90. The molecule has 0 aliphatic carbocycles. The summed E-state index contributed by atoms with van der Waals surface area (Å²) in [5.41, 5.74) is 3.43. The molecule has 1 heterocycles. The predicted octanol–water partition coefficient (Wildman–Crippen LogP) is 1.99. The van der Waals surface area contributed by atoms with Crippen molar-refractivity contribution < 1.29 is 14.3 Å². The first-order valence-corrected chi connectivity index (χ1v) is 8.29. The molecule has 0 unspecified atom stereocenters. The number of ether oxygens (including phenoxy) is 1. The molecule has 1 atom stereocenters. The van der Waals surface area contributed by atoms with Crippen LogP contribution in [0.5, 0.6) is 0 Å². The molecule has 0 saturated carbocycles. The number of carbonyl (C=O) groups is 2. The maximum absolute atomic E-state index is 12.3. The molecule has 1 aliphatic heterocycles. The van der Waals surface area contributed by atoms with Gasteiger partial charge in [0.05, 0.1) is 18.2 Å². The van der Waals surface area contributed by atoms with Crippen LogP contribution in [0.1, 0.15) is 31.4 Å². The normalized spacial score (nSPS) is 17.3. The van der Waals surface area contributed by atoms with Gasteiger partial charge in [-0.2, -0.15) is 0 Å². The minimum atomic E-state index is -0.385. The van der Waals surface area contributed by atoms with E-state index >= 15 is 0 Å². The lowest BCUT2D eigenvalue weighted by Crippen LogP contribution is -2.51. The number of hydrogen-bond donors (Lipinski definition) is 3. The Balaban J connectivity index is 2.10. The first-order valence-electron chi connectivity index (χ1n) is 8.29. The highest BCUT2D eigenvalue weighted by Gasteiger charge is 2.31. The average molecular weight is 331 g/mol. The van der Waals surface area contributed by atoms with Gasteiger partial charge in [0.25, 0.3) is 0 Å². The summed E-state index contributed by atoms with van der Waals surface area (Å²) < 4.78 is 5.14. The topological polar surface area (TPSA) is 79.5 Å². The van der Waals surface area contributed by atoms with Gasteiger partial charge in [0.15, 0.2) is 0 Å². The lowest BCUT2D eigenvalue weighted by Gasteiger charge is -2.28. The number of urea groups is 1. The van der Waals surface area contributed by atoms with Gasteiger partial charge in [-0.3, -0.25) is 0 Å². The van der Waals surface area contributed by atoms with Crippen LogP contribution in [0, 0.1) is 6.92 Å². The Labute approximate surface area is 142 Å². The van der Waals surface area contributed by atoms with Crippen molar-refractivity contribution in [3.05, 3.63) is 46.7 Å². The SMILES string of the molecule is CCOC(=O)C1=C(CNCc2ccc(C)cc2)NC(=O)N[C@@H]1CC.